The van der Waals surface area contributed by atoms with Gasteiger partial charge in [0.15, 0.2) is 5.78 Å². The summed E-state index contributed by atoms with van der Waals surface area (Å²) in [6.45, 7) is 1.98. The van der Waals surface area contributed by atoms with Gasteiger partial charge in [-0.1, -0.05) is 29.8 Å². The zero-order chi connectivity index (χ0) is 23.1. The summed E-state index contributed by atoms with van der Waals surface area (Å²) in [6, 6.07) is 13.4. The molecule has 0 saturated heterocycles. The molecule has 1 aliphatic heterocycles. The molecule has 0 unspecified atom stereocenters. The van der Waals surface area contributed by atoms with E-state index in [1.54, 1.807) is 16.8 Å². The first-order valence-electron chi connectivity index (χ1n) is 10.7. The van der Waals surface area contributed by atoms with Crippen LogP contribution in [0.2, 0.25) is 0 Å². The second-order valence-electron chi connectivity index (χ2n) is 8.30. The molecule has 8 nitrogen and oxygen atoms in total. The van der Waals surface area contributed by atoms with E-state index in [1.807, 2.05) is 31.2 Å². The van der Waals surface area contributed by atoms with Gasteiger partial charge in [0.2, 0.25) is 0 Å². The number of Topliss-reactive ketones (excluding diaryl/α,β-unsaturated/α-hetero) is 1. The molecule has 2 aromatic carbocycles. The van der Waals surface area contributed by atoms with Crippen LogP contribution in [0, 0.1) is 6.92 Å². The second-order valence-corrected chi connectivity index (χ2v) is 8.30. The molecule has 166 valence electrons. The molecule has 1 atom stereocenters. The number of ketones is 1. The van der Waals surface area contributed by atoms with Crippen LogP contribution in [-0.2, 0) is 4.79 Å². The zero-order valence-corrected chi connectivity index (χ0v) is 18.0. The molecule has 3 aromatic rings. The van der Waals surface area contributed by atoms with Crippen molar-refractivity contribution < 1.29 is 19.5 Å². The van der Waals surface area contributed by atoms with E-state index in [0.29, 0.717) is 35.5 Å². The Bertz CT molecular complexity index is 1300. The predicted molar refractivity (Wildman–Crippen MR) is 122 cm³/mol. The Kier molecular flexibility index (Phi) is 5.05. The molecule has 2 aliphatic rings. The number of nitrogens with zero attached hydrogens (tertiary/aromatic N) is 2. The first-order valence-corrected chi connectivity index (χ1v) is 10.7. The third-order valence-corrected chi connectivity index (χ3v) is 6.07. The highest BCUT2D eigenvalue weighted by Crippen LogP contribution is 2.41. The fourth-order valence-electron chi connectivity index (χ4n) is 4.38. The predicted octanol–water partition coefficient (Wildman–Crippen LogP) is 4.16. The summed E-state index contributed by atoms with van der Waals surface area (Å²) in [5.74, 6) is -0.780. The lowest BCUT2D eigenvalue weighted by Crippen LogP contribution is -2.32. The summed E-state index contributed by atoms with van der Waals surface area (Å²) in [4.78, 5) is 37.2. The third kappa shape index (κ3) is 3.69. The van der Waals surface area contributed by atoms with Gasteiger partial charge in [-0.2, -0.15) is 5.10 Å². The van der Waals surface area contributed by atoms with E-state index in [9.17, 15) is 19.5 Å². The molecule has 1 amide bonds. The summed E-state index contributed by atoms with van der Waals surface area (Å²) in [7, 11) is 0. The van der Waals surface area contributed by atoms with Crippen LogP contribution in [0.1, 0.15) is 57.1 Å². The highest BCUT2D eigenvalue weighted by atomic mass is 16.4. The van der Waals surface area contributed by atoms with Gasteiger partial charge >= 0.3 is 5.97 Å². The monoisotopic (exact) mass is 442 g/mol. The molecule has 0 saturated carbocycles. The standard InChI is InChI=1S/C25H22N4O4/c1-14-5-11-17(12-6-14)27-24(31)18-13-26-29-22(15-7-9-16(10-8-15)25(32)33)21-19(28-23(18)29)3-2-4-20(21)30/h5-13,22,28H,2-4H2,1H3,(H,27,31)(H,32,33)/t22-/m1/s1. The minimum atomic E-state index is -1.02. The van der Waals surface area contributed by atoms with Gasteiger partial charge in [0, 0.05) is 23.4 Å². The zero-order valence-electron chi connectivity index (χ0n) is 18.0. The summed E-state index contributed by atoms with van der Waals surface area (Å²) in [5, 5.41) is 19.9. The number of hydrogen-bond acceptors (Lipinski definition) is 5. The Morgan fingerprint density at radius 3 is 2.52 bits per heavy atom. The van der Waals surface area contributed by atoms with Crippen molar-refractivity contribution in [3.8, 4) is 0 Å². The number of hydrogen-bond donors (Lipinski definition) is 3. The highest BCUT2D eigenvalue weighted by Gasteiger charge is 2.37. The minimum Gasteiger partial charge on any atom is -0.478 e. The van der Waals surface area contributed by atoms with E-state index < -0.39 is 12.0 Å². The molecular weight excluding hydrogens is 420 g/mol. The smallest absolute Gasteiger partial charge is 0.335 e. The number of aryl methyl sites for hydroxylation is 1. The van der Waals surface area contributed by atoms with Crippen molar-refractivity contribution in [3.63, 3.8) is 0 Å². The summed E-state index contributed by atoms with van der Waals surface area (Å²) < 4.78 is 1.64. The minimum absolute atomic E-state index is 0.0304. The highest BCUT2D eigenvalue weighted by molar-refractivity contribution is 6.08. The van der Waals surface area contributed by atoms with Crippen LogP contribution in [0.15, 0.2) is 66.0 Å². The number of amides is 1. The molecule has 1 aliphatic carbocycles. The van der Waals surface area contributed by atoms with Crippen LogP contribution in [0.5, 0.6) is 0 Å². The molecule has 0 radical (unpaired) electrons. The number of aromatic carboxylic acids is 1. The van der Waals surface area contributed by atoms with Crippen LogP contribution in [0.4, 0.5) is 11.5 Å². The second kappa shape index (κ2) is 8.05. The number of rotatable bonds is 4. The number of carbonyl (C=O) groups is 3. The lowest BCUT2D eigenvalue weighted by atomic mass is 9.85. The molecule has 0 bridgehead atoms. The molecule has 1 aromatic heterocycles. The van der Waals surface area contributed by atoms with Crippen molar-refractivity contribution in [1.29, 1.82) is 0 Å². The van der Waals surface area contributed by atoms with Crippen molar-refractivity contribution in [1.82, 2.24) is 9.78 Å². The van der Waals surface area contributed by atoms with Crippen LogP contribution < -0.4 is 10.6 Å². The maximum absolute atomic E-state index is 13.1. The van der Waals surface area contributed by atoms with Gasteiger partial charge in [0.1, 0.15) is 17.4 Å². The van der Waals surface area contributed by atoms with Crippen molar-refractivity contribution >= 4 is 29.2 Å². The lowest BCUT2D eigenvalue weighted by molar-refractivity contribution is -0.116. The van der Waals surface area contributed by atoms with Crippen molar-refractivity contribution in [2.24, 2.45) is 0 Å². The molecule has 8 heteroatoms. The number of allylic oxidation sites excluding steroid dienone is 2. The number of fused-ring (bicyclic) bond motifs is 1. The van der Waals surface area contributed by atoms with Gasteiger partial charge < -0.3 is 15.7 Å². The van der Waals surface area contributed by atoms with Crippen molar-refractivity contribution in [3.05, 3.63) is 88.3 Å². The van der Waals surface area contributed by atoms with Gasteiger partial charge in [0.05, 0.1) is 11.8 Å². The summed E-state index contributed by atoms with van der Waals surface area (Å²) in [5.41, 5.74) is 4.44. The number of carbonyl (C=O) groups excluding carboxylic acids is 2. The fourth-order valence-corrected chi connectivity index (χ4v) is 4.38. The maximum Gasteiger partial charge on any atom is 0.335 e. The van der Waals surface area contributed by atoms with Gasteiger partial charge in [-0.3, -0.25) is 9.59 Å². The van der Waals surface area contributed by atoms with Crippen molar-refractivity contribution in [2.45, 2.75) is 32.2 Å². The quantitative estimate of drug-likeness (QED) is 0.559. The largest absolute Gasteiger partial charge is 0.478 e. The van der Waals surface area contributed by atoms with E-state index in [1.165, 1.54) is 18.3 Å². The topological polar surface area (TPSA) is 113 Å². The Balaban J connectivity index is 1.56. The molecular formula is C25H22N4O4. The lowest BCUT2D eigenvalue weighted by Gasteiger charge is -2.33. The first kappa shape index (κ1) is 20.7. The Hall–Kier alpha value is -4.20. The van der Waals surface area contributed by atoms with Crippen LogP contribution in [0.25, 0.3) is 0 Å². The average Bonchev–Trinajstić information content (AvgIpc) is 3.23. The number of aromatic nitrogens is 2. The molecule has 0 spiro atoms. The molecule has 2 heterocycles. The number of anilines is 2. The Labute approximate surface area is 189 Å². The van der Waals surface area contributed by atoms with Gasteiger partial charge in [-0.25, -0.2) is 9.48 Å². The summed E-state index contributed by atoms with van der Waals surface area (Å²) >= 11 is 0. The van der Waals surface area contributed by atoms with Gasteiger partial charge in [-0.05, 0) is 49.6 Å². The molecule has 33 heavy (non-hydrogen) atoms. The van der Waals surface area contributed by atoms with Gasteiger partial charge in [-0.15, -0.1) is 0 Å². The van der Waals surface area contributed by atoms with Gasteiger partial charge in [0.25, 0.3) is 5.91 Å². The van der Waals surface area contributed by atoms with E-state index >= 15 is 0 Å². The van der Waals surface area contributed by atoms with Crippen molar-refractivity contribution in [2.75, 3.05) is 10.6 Å². The van der Waals surface area contributed by atoms with E-state index in [4.69, 9.17) is 0 Å². The molecule has 5 rings (SSSR count). The molecule has 0 fully saturated rings. The summed E-state index contributed by atoms with van der Waals surface area (Å²) in [6.07, 6.45) is 3.36. The number of benzene rings is 2. The number of nitrogens with one attached hydrogen (secondary N) is 2. The fraction of sp³-hybridized carbons (Fsp3) is 0.200. The average molecular weight is 442 g/mol. The Morgan fingerprint density at radius 2 is 1.82 bits per heavy atom. The van der Waals surface area contributed by atoms with E-state index in [2.05, 4.69) is 15.7 Å². The van der Waals surface area contributed by atoms with E-state index in [0.717, 1.165) is 23.2 Å². The van der Waals surface area contributed by atoms with Crippen LogP contribution >= 0.6 is 0 Å². The third-order valence-electron chi connectivity index (χ3n) is 6.07. The molecule has 3 N–H and O–H groups in total. The normalized spacial score (nSPS) is 17.1. The van der Waals surface area contributed by atoms with Crippen LogP contribution in [0.3, 0.4) is 0 Å². The van der Waals surface area contributed by atoms with E-state index in [-0.39, 0.29) is 17.3 Å². The first-order chi connectivity index (χ1) is 15.9. The number of carboxylic acid groups (broad SMARTS) is 1. The SMILES string of the molecule is Cc1ccc(NC(=O)c2cnn3c2NC2=C(C(=O)CCC2)[C@H]3c2ccc(C(=O)O)cc2)cc1. The number of carboxylic acids is 1. The Morgan fingerprint density at radius 1 is 1.09 bits per heavy atom. The maximum atomic E-state index is 13.1. The van der Waals surface area contributed by atoms with Crippen LogP contribution in [-0.4, -0.2) is 32.5 Å².